The molecule has 0 radical (unpaired) electrons. The Kier molecular flexibility index (Phi) is 3.77. The predicted octanol–water partition coefficient (Wildman–Crippen LogP) is 3.34. The van der Waals surface area contributed by atoms with E-state index < -0.39 is 0 Å². The molecule has 0 aliphatic carbocycles. The largest absolute Gasteiger partial charge is 0.507 e. The van der Waals surface area contributed by atoms with Crippen molar-refractivity contribution in [3.05, 3.63) is 56.7 Å². The minimum atomic E-state index is -0.267. The Hall–Kier alpha value is -3.13. The minimum Gasteiger partial charge on any atom is -0.507 e. The second kappa shape index (κ2) is 5.99. The maximum atomic E-state index is 11.5. The standard InChI is InChI=1S/C18H17N5O2S/c1-3-10-7-12(15(24)6-9(10)2)16-21-22-18(26)23(16)11-4-5-13-14(8-11)20-17(25)19-13/h4-8,24H,3H2,1-2H3,(H,22,26)(H2,19,20,25). The fraction of sp³-hybridized carbons (Fsp3) is 0.167. The van der Waals surface area contributed by atoms with Gasteiger partial charge in [-0.2, -0.15) is 5.10 Å². The van der Waals surface area contributed by atoms with Crippen molar-refractivity contribution >= 4 is 23.3 Å². The lowest BCUT2D eigenvalue weighted by Gasteiger charge is -2.11. The van der Waals surface area contributed by atoms with E-state index in [9.17, 15) is 9.90 Å². The third-order valence-electron chi connectivity index (χ3n) is 4.51. The maximum absolute atomic E-state index is 11.5. The molecular weight excluding hydrogens is 350 g/mol. The summed E-state index contributed by atoms with van der Waals surface area (Å²) in [7, 11) is 0. The fourth-order valence-electron chi connectivity index (χ4n) is 3.17. The Bertz CT molecular complexity index is 1240. The van der Waals surface area contributed by atoms with Crippen LogP contribution in [0.15, 0.2) is 35.1 Å². The average molecular weight is 367 g/mol. The highest BCUT2D eigenvalue weighted by Gasteiger charge is 2.16. The van der Waals surface area contributed by atoms with Gasteiger partial charge in [0.15, 0.2) is 10.6 Å². The number of aryl methyl sites for hydroxylation is 2. The second-order valence-electron chi connectivity index (χ2n) is 6.15. The smallest absolute Gasteiger partial charge is 0.323 e. The van der Waals surface area contributed by atoms with Crippen molar-refractivity contribution in [2.75, 3.05) is 0 Å². The Morgan fingerprint density at radius 3 is 2.73 bits per heavy atom. The van der Waals surface area contributed by atoms with Gasteiger partial charge in [0.2, 0.25) is 0 Å². The molecule has 2 heterocycles. The summed E-state index contributed by atoms with van der Waals surface area (Å²) in [5.41, 5.74) is 4.61. The SMILES string of the molecule is CCc1cc(-c2n[nH]c(=S)n2-c2ccc3[nH]c(=O)[nH]c3c2)c(O)cc1C. The van der Waals surface area contributed by atoms with Gasteiger partial charge in [0.1, 0.15) is 5.75 Å². The van der Waals surface area contributed by atoms with Crippen LogP contribution in [-0.4, -0.2) is 29.8 Å². The van der Waals surface area contributed by atoms with E-state index in [4.69, 9.17) is 12.2 Å². The van der Waals surface area contributed by atoms with Gasteiger partial charge in [-0.3, -0.25) is 9.67 Å². The zero-order chi connectivity index (χ0) is 18.4. The van der Waals surface area contributed by atoms with Gasteiger partial charge < -0.3 is 15.1 Å². The molecular formula is C18H17N5O2S. The summed E-state index contributed by atoms with van der Waals surface area (Å²) >= 11 is 5.40. The van der Waals surface area contributed by atoms with Gasteiger partial charge in [-0.25, -0.2) is 4.79 Å². The minimum absolute atomic E-state index is 0.145. The first-order valence-corrected chi connectivity index (χ1v) is 8.61. The van der Waals surface area contributed by atoms with E-state index in [1.54, 1.807) is 16.7 Å². The molecule has 0 atom stereocenters. The Labute approximate surface area is 153 Å². The van der Waals surface area contributed by atoms with E-state index in [1.807, 2.05) is 25.1 Å². The molecule has 0 fully saturated rings. The maximum Gasteiger partial charge on any atom is 0.323 e. The summed E-state index contributed by atoms with van der Waals surface area (Å²) in [6.07, 6.45) is 0.848. The third kappa shape index (κ3) is 2.55. The fourth-order valence-corrected chi connectivity index (χ4v) is 3.41. The lowest BCUT2D eigenvalue weighted by Crippen LogP contribution is -2.00. The number of aromatic amines is 3. The van der Waals surface area contributed by atoms with Gasteiger partial charge in [0.25, 0.3) is 0 Å². The van der Waals surface area contributed by atoms with Crippen LogP contribution in [0.4, 0.5) is 0 Å². The highest BCUT2D eigenvalue weighted by atomic mass is 32.1. The number of aromatic hydroxyl groups is 1. The number of nitrogens with one attached hydrogen (secondary N) is 3. The average Bonchev–Trinajstić information content (AvgIpc) is 3.16. The van der Waals surface area contributed by atoms with E-state index >= 15 is 0 Å². The number of hydrogen-bond donors (Lipinski definition) is 4. The molecule has 0 saturated heterocycles. The van der Waals surface area contributed by atoms with E-state index in [-0.39, 0.29) is 11.4 Å². The number of phenols is 1. The van der Waals surface area contributed by atoms with Gasteiger partial charge >= 0.3 is 5.69 Å². The zero-order valence-electron chi connectivity index (χ0n) is 14.3. The van der Waals surface area contributed by atoms with Crippen molar-refractivity contribution in [3.63, 3.8) is 0 Å². The number of aromatic nitrogens is 5. The van der Waals surface area contributed by atoms with E-state index in [1.165, 1.54) is 0 Å². The third-order valence-corrected chi connectivity index (χ3v) is 4.78. The van der Waals surface area contributed by atoms with Gasteiger partial charge in [-0.05, 0) is 67.0 Å². The van der Waals surface area contributed by atoms with Gasteiger partial charge in [0.05, 0.1) is 22.3 Å². The number of H-pyrrole nitrogens is 3. The summed E-state index contributed by atoms with van der Waals surface area (Å²) in [6.45, 7) is 4.03. The molecule has 0 aliphatic rings. The normalized spacial score (nSPS) is 11.3. The van der Waals surface area contributed by atoms with E-state index in [0.29, 0.717) is 27.2 Å². The molecule has 4 N–H and O–H groups in total. The van der Waals surface area contributed by atoms with Gasteiger partial charge in [-0.1, -0.05) is 6.92 Å². The van der Waals surface area contributed by atoms with Crippen LogP contribution in [0.3, 0.4) is 0 Å². The van der Waals surface area contributed by atoms with Crippen LogP contribution in [0, 0.1) is 11.7 Å². The number of benzene rings is 2. The quantitative estimate of drug-likeness (QED) is 0.417. The van der Waals surface area contributed by atoms with Gasteiger partial charge in [-0.15, -0.1) is 0 Å². The van der Waals surface area contributed by atoms with Crippen molar-refractivity contribution in [1.29, 1.82) is 0 Å². The Balaban J connectivity index is 1.96. The molecule has 2 aromatic carbocycles. The summed E-state index contributed by atoms with van der Waals surface area (Å²) in [5.74, 6) is 0.658. The highest BCUT2D eigenvalue weighted by molar-refractivity contribution is 7.71. The molecule has 0 unspecified atom stereocenters. The topological polar surface area (TPSA) is 102 Å². The monoisotopic (exact) mass is 367 g/mol. The van der Waals surface area contributed by atoms with E-state index in [2.05, 4.69) is 27.1 Å². The van der Waals surface area contributed by atoms with Crippen LogP contribution in [0.5, 0.6) is 5.75 Å². The van der Waals surface area contributed by atoms with Crippen LogP contribution in [0.1, 0.15) is 18.1 Å². The first-order valence-electron chi connectivity index (χ1n) is 8.20. The first kappa shape index (κ1) is 16.3. The van der Waals surface area contributed by atoms with Crippen LogP contribution in [0.25, 0.3) is 28.1 Å². The first-order chi connectivity index (χ1) is 12.5. The summed E-state index contributed by atoms with van der Waals surface area (Å²) in [4.78, 5) is 16.9. The zero-order valence-corrected chi connectivity index (χ0v) is 15.1. The van der Waals surface area contributed by atoms with Crippen LogP contribution in [-0.2, 0) is 6.42 Å². The van der Waals surface area contributed by atoms with Crippen molar-refractivity contribution in [2.24, 2.45) is 0 Å². The van der Waals surface area contributed by atoms with Crippen molar-refractivity contribution in [3.8, 4) is 22.8 Å². The molecule has 4 rings (SSSR count). The predicted molar refractivity (Wildman–Crippen MR) is 102 cm³/mol. The number of rotatable bonds is 3. The molecule has 132 valence electrons. The Morgan fingerprint density at radius 1 is 1.19 bits per heavy atom. The van der Waals surface area contributed by atoms with Gasteiger partial charge in [0, 0.05) is 0 Å². The van der Waals surface area contributed by atoms with Crippen molar-refractivity contribution in [1.82, 2.24) is 24.7 Å². The Morgan fingerprint density at radius 2 is 1.96 bits per heavy atom. The number of nitrogens with zero attached hydrogens (tertiary/aromatic N) is 2. The molecule has 0 bridgehead atoms. The molecule has 7 nitrogen and oxygen atoms in total. The number of hydrogen-bond acceptors (Lipinski definition) is 4. The van der Waals surface area contributed by atoms with Crippen LogP contribution >= 0.6 is 12.2 Å². The summed E-state index contributed by atoms with van der Waals surface area (Å²) < 4.78 is 2.14. The molecule has 2 aromatic heterocycles. The number of phenolic OH excluding ortho intramolecular Hbond substituents is 1. The summed E-state index contributed by atoms with van der Waals surface area (Å²) in [6, 6.07) is 9.13. The molecule has 0 amide bonds. The van der Waals surface area contributed by atoms with E-state index in [0.717, 1.165) is 23.2 Å². The molecule has 4 aromatic rings. The molecule has 0 aliphatic heterocycles. The molecule has 8 heteroatoms. The lowest BCUT2D eigenvalue weighted by molar-refractivity contribution is 0.476. The summed E-state index contributed by atoms with van der Waals surface area (Å²) in [5, 5.41) is 17.6. The number of fused-ring (bicyclic) bond motifs is 1. The number of imidazole rings is 1. The molecule has 0 saturated carbocycles. The van der Waals surface area contributed by atoms with Crippen molar-refractivity contribution < 1.29 is 5.11 Å². The second-order valence-corrected chi connectivity index (χ2v) is 6.53. The van der Waals surface area contributed by atoms with Crippen LogP contribution < -0.4 is 5.69 Å². The molecule has 0 spiro atoms. The van der Waals surface area contributed by atoms with Crippen LogP contribution in [0.2, 0.25) is 0 Å². The van der Waals surface area contributed by atoms with Crippen molar-refractivity contribution in [2.45, 2.75) is 20.3 Å². The lowest BCUT2D eigenvalue weighted by atomic mass is 10.0. The highest BCUT2D eigenvalue weighted by Crippen LogP contribution is 2.32. The molecule has 26 heavy (non-hydrogen) atoms.